The number of aryl methyl sites for hydroxylation is 1. The smallest absolute Gasteiger partial charge is 0.259 e. The Labute approximate surface area is 194 Å². The second-order valence-corrected chi connectivity index (χ2v) is 8.42. The second kappa shape index (κ2) is 7.87. The predicted molar refractivity (Wildman–Crippen MR) is 125 cm³/mol. The number of nitrogens with one attached hydrogen (secondary N) is 1. The molecule has 5 aromatic rings. The van der Waals surface area contributed by atoms with E-state index in [1.165, 1.54) is 6.07 Å². The Morgan fingerprint density at radius 3 is 2.82 bits per heavy atom. The molecular formula is C25H20FN7O. The molecule has 3 heterocycles. The van der Waals surface area contributed by atoms with Crippen molar-refractivity contribution in [1.82, 2.24) is 29.5 Å². The molecule has 1 fully saturated rings. The number of aromatic nitrogens is 6. The third-order valence-corrected chi connectivity index (χ3v) is 5.95. The summed E-state index contributed by atoms with van der Waals surface area (Å²) in [6.45, 7) is 1.81. The number of rotatable bonds is 5. The molecule has 0 unspecified atom stereocenters. The van der Waals surface area contributed by atoms with E-state index in [4.69, 9.17) is 0 Å². The van der Waals surface area contributed by atoms with E-state index in [2.05, 4.69) is 25.6 Å². The van der Waals surface area contributed by atoms with Gasteiger partial charge in [0.05, 0.1) is 28.8 Å². The first-order valence-electron chi connectivity index (χ1n) is 11.0. The Kier molecular flexibility index (Phi) is 4.68. The zero-order chi connectivity index (χ0) is 23.2. The molecule has 1 amide bonds. The molecule has 1 aliphatic carbocycles. The fourth-order valence-electron chi connectivity index (χ4n) is 4.01. The zero-order valence-corrected chi connectivity index (χ0v) is 18.3. The van der Waals surface area contributed by atoms with Crippen molar-refractivity contribution in [3.63, 3.8) is 0 Å². The molecule has 0 spiro atoms. The normalized spacial score (nSPS) is 13.4. The topological polar surface area (TPSA) is 90.5 Å². The monoisotopic (exact) mass is 453 g/mol. The summed E-state index contributed by atoms with van der Waals surface area (Å²) in [4.78, 5) is 22.0. The molecule has 168 valence electrons. The Bertz CT molecular complexity index is 1550. The number of hydrogen-bond acceptors (Lipinski definition) is 5. The minimum Gasteiger partial charge on any atom is -0.306 e. The quantitative estimate of drug-likeness (QED) is 0.421. The molecule has 34 heavy (non-hydrogen) atoms. The van der Waals surface area contributed by atoms with E-state index in [1.807, 2.05) is 42.0 Å². The van der Waals surface area contributed by atoms with Crippen LogP contribution in [0, 0.1) is 12.7 Å². The van der Waals surface area contributed by atoms with Crippen LogP contribution in [0.5, 0.6) is 0 Å². The lowest BCUT2D eigenvalue weighted by molar-refractivity contribution is 0.102. The third kappa shape index (κ3) is 3.61. The molecule has 1 saturated carbocycles. The summed E-state index contributed by atoms with van der Waals surface area (Å²) < 4.78 is 18.2. The van der Waals surface area contributed by atoms with Crippen LogP contribution in [0.25, 0.3) is 22.5 Å². The van der Waals surface area contributed by atoms with Crippen LogP contribution >= 0.6 is 0 Å². The maximum atomic E-state index is 14.8. The number of carbonyl (C=O) groups excluding carboxylic acids is 1. The van der Waals surface area contributed by atoms with Gasteiger partial charge in [-0.05, 0) is 61.7 Å². The molecule has 0 bridgehead atoms. The highest BCUT2D eigenvalue weighted by Gasteiger charge is 2.26. The minimum absolute atomic E-state index is 0.0688. The standard InChI is InChI=1S/C25H20FN7O/c1-15-11-18(26)17(12-22(15)32-13-20(27-14-32)16-9-10-16)25(34)29-23-7-4-8-24(28-23)33-21-6-3-2-5-19(21)30-31-33/h2-8,11-14,16H,9-10H2,1H3,(H,28,29,34). The highest BCUT2D eigenvalue weighted by Crippen LogP contribution is 2.39. The minimum atomic E-state index is -0.597. The maximum absolute atomic E-state index is 14.8. The number of carbonyl (C=O) groups is 1. The largest absolute Gasteiger partial charge is 0.306 e. The van der Waals surface area contributed by atoms with Crippen LogP contribution in [0.3, 0.4) is 0 Å². The molecule has 1 N–H and O–H groups in total. The number of para-hydroxylation sites is 1. The van der Waals surface area contributed by atoms with Crippen LogP contribution in [0.15, 0.2) is 67.1 Å². The summed E-state index contributed by atoms with van der Waals surface area (Å²) in [5.41, 5.74) is 3.90. The molecule has 3 aromatic heterocycles. The van der Waals surface area contributed by atoms with E-state index in [1.54, 1.807) is 35.3 Å². The van der Waals surface area contributed by atoms with Gasteiger partial charge in [-0.15, -0.1) is 5.10 Å². The number of hydrogen-bond donors (Lipinski definition) is 1. The molecular weight excluding hydrogens is 433 g/mol. The van der Waals surface area contributed by atoms with Gasteiger partial charge < -0.3 is 9.88 Å². The number of halogens is 1. The van der Waals surface area contributed by atoms with Gasteiger partial charge in [0.1, 0.15) is 17.2 Å². The van der Waals surface area contributed by atoms with Crippen molar-refractivity contribution in [3.05, 3.63) is 89.8 Å². The van der Waals surface area contributed by atoms with Crippen LogP contribution in [-0.2, 0) is 0 Å². The first-order valence-corrected chi connectivity index (χ1v) is 11.0. The number of benzene rings is 2. The number of amides is 1. The summed E-state index contributed by atoms with van der Waals surface area (Å²) in [6.07, 6.45) is 5.95. The van der Waals surface area contributed by atoms with Gasteiger partial charge >= 0.3 is 0 Å². The molecule has 0 radical (unpaired) electrons. The second-order valence-electron chi connectivity index (χ2n) is 8.42. The van der Waals surface area contributed by atoms with Crippen LogP contribution in [-0.4, -0.2) is 35.4 Å². The van der Waals surface area contributed by atoms with Crippen LogP contribution < -0.4 is 5.32 Å². The van der Waals surface area contributed by atoms with E-state index in [0.717, 1.165) is 29.6 Å². The average molecular weight is 453 g/mol. The Morgan fingerprint density at radius 1 is 1.12 bits per heavy atom. The van der Waals surface area contributed by atoms with E-state index in [-0.39, 0.29) is 11.4 Å². The summed E-state index contributed by atoms with van der Waals surface area (Å²) in [5, 5.41) is 11.0. The summed E-state index contributed by atoms with van der Waals surface area (Å²) in [7, 11) is 0. The van der Waals surface area contributed by atoms with E-state index < -0.39 is 11.7 Å². The lowest BCUT2D eigenvalue weighted by Crippen LogP contribution is -2.16. The van der Waals surface area contributed by atoms with Crippen molar-refractivity contribution in [1.29, 1.82) is 0 Å². The molecule has 2 aromatic carbocycles. The van der Waals surface area contributed by atoms with Gasteiger partial charge in [0.2, 0.25) is 0 Å². The number of nitrogens with zero attached hydrogens (tertiary/aromatic N) is 6. The summed E-state index contributed by atoms with van der Waals surface area (Å²) in [5.74, 6) is 0.0872. The highest BCUT2D eigenvalue weighted by atomic mass is 19.1. The van der Waals surface area contributed by atoms with Gasteiger partial charge in [-0.1, -0.05) is 23.4 Å². The number of fused-ring (bicyclic) bond motifs is 1. The molecule has 6 rings (SSSR count). The van der Waals surface area contributed by atoms with Crippen LogP contribution in [0.1, 0.15) is 40.4 Å². The fourth-order valence-corrected chi connectivity index (χ4v) is 4.01. The highest BCUT2D eigenvalue weighted by molar-refractivity contribution is 6.04. The zero-order valence-electron chi connectivity index (χ0n) is 18.3. The summed E-state index contributed by atoms with van der Waals surface area (Å²) >= 11 is 0. The van der Waals surface area contributed by atoms with Crippen LogP contribution in [0.2, 0.25) is 0 Å². The lowest BCUT2D eigenvalue weighted by Gasteiger charge is -2.12. The SMILES string of the molecule is Cc1cc(F)c(C(=O)Nc2cccc(-n3nnc4ccccc43)n2)cc1-n1cnc(C2CC2)c1. The first-order chi connectivity index (χ1) is 16.6. The van der Waals surface area contributed by atoms with Gasteiger partial charge in [-0.3, -0.25) is 4.79 Å². The molecule has 1 aliphatic rings. The van der Waals surface area contributed by atoms with Crippen molar-refractivity contribution < 1.29 is 9.18 Å². The van der Waals surface area contributed by atoms with Crippen molar-refractivity contribution in [2.75, 3.05) is 5.32 Å². The Hall–Kier alpha value is -4.40. The van der Waals surface area contributed by atoms with E-state index in [0.29, 0.717) is 23.0 Å². The van der Waals surface area contributed by atoms with Crippen molar-refractivity contribution in [2.45, 2.75) is 25.7 Å². The average Bonchev–Trinajstić information content (AvgIpc) is 3.41. The molecule has 0 atom stereocenters. The molecule has 0 aliphatic heterocycles. The maximum Gasteiger partial charge on any atom is 0.259 e. The van der Waals surface area contributed by atoms with Gasteiger partial charge in [0.25, 0.3) is 5.91 Å². The summed E-state index contributed by atoms with van der Waals surface area (Å²) in [6, 6.07) is 15.6. The lowest BCUT2D eigenvalue weighted by atomic mass is 10.1. The van der Waals surface area contributed by atoms with Gasteiger partial charge in [-0.2, -0.15) is 4.68 Å². The van der Waals surface area contributed by atoms with E-state index >= 15 is 0 Å². The molecule has 9 heteroatoms. The van der Waals surface area contributed by atoms with Gasteiger partial charge in [0.15, 0.2) is 5.82 Å². The van der Waals surface area contributed by atoms with Crippen LogP contribution in [0.4, 0.5) is 10.2 Å². The van der Waals surface area contributed by atoms with Crippen molar-refractivity contribution in [2.24, 2.45) is 0 Å². The van der Waals surface area contributed by atoms with Crippen molar-refractivity contribution >= 4 is 22.8 Å². The number of anilines is 1. The molecule has 8 nitrogen and oxygen atoms in total. The Balaban J connectivity index is 1.30. The number of pyridine rings is 1. The third-order valence-electron chi connectivity index (χ3n) is 5.95. The first kappa shape index (κ1) is 20.2. The molecule has 0 saturated heterocycles. The fraction of sp³-hybridized carbons (Fsp3) is 0.160. The van der Waals surface area contributed by atoms with Gasteiger partial charge in [0, 0.05) is 12.1 Å². The predicted octanol–water partition coefficient (Wildman–Crippen LogP) is 4.58. The number of imidazole rings is 1. The van der Waals surface area contributed by atoms with Crippen molar-refractivity contribution in [3.8, 4) is 11.5 Å². The van der Waals surface area contributed by atoms with Gasteiger partial charge in [-0.25, -0.2) is 14.4 Å². The van der Waals surface area contributed by atoms with E-state index in [9.17, 15) is 9.18 Å². The Morgan fingerprint density at radius 2 is 1.97 bits per heavy atom.